The monoisotopic (exact) mass is 230 g/mol. The van der Waals surface area contributed by atoms with E-state index in [1.54, 1.807) is 0 Å². The third-order valence-electron chi connectivity index (χ3n) is 4.30. The Kier molecular flexibility index (Phi) is 3.46. The maximum atomic E-state index is 5.88. The third kappa shape index (κ3) is 2.90. The molecule has 2 aliphatic rings. The van der Waals surface area contributed by atoms with Gasteiger partial charge in [-0.2, -0.15) is 0 Å². The van der Waals surface area contributed by atoms with E-state index in [0.717, 1.165) is 5.92 Å². The van der Waals surface area contributed by atoms with Crippen molar-refractivity contribution in [1.82, 2.24) is 0 Å². The number of hydrogen-bond acceptors (Lipinski definition) is 1. The Balaban J connectivity index is 1.43. The maximum Gasteiger partial charge on any atom is 0.0870 e. The van der Waals surface area contributed by atoms with Crippen molar-refractivity contribution in [2.45, 2.75) is 57.2 Å². The van der Waals surface area contributed by atoms with Crippen LogP contribution in [0.1, 0.15) is 44.1 Å². The van der Waals surface area contributed by atoms with Crippen LogP contribution in [0.3, 0.4) is 0 Å². The van der Waals surface area contributed by atoms with Crippen molar-refractivity contribution in [2.75, 3.05) is 0 Å². The van der Waals surface area contributed by atoms with Crippen molar-refractivity contribution in [2.24, 2.45) is 5.92 Å². The molecule has 1 heterocycles. The SMILES string of the molecule is c1ccc(CCC2OC2C2CCCCC2)cc1. The van der Waals surface area contributed by atoms with Crippen LogP contribution in [0.25, 0.3) is 0 Å². The van der Waals surface area contributed by atoms with Crippen LogP contribution in [-0.4, -0.2) is 12.2 Å². The lowest BCUT2D eigenvalue weighted by Gasteiger charge is -2.19. The van der Waals surface area contributed by atoms with Crippen LogP contribution in [0.15, 0.2) is 30.3 Å². The number of rotatable bonds is 4. The molecule has 1 aliphatic heterocycles. The Bertz CT molecular complexity index is 340. The summed E-state index contributed by atoms with van der Waals surface area (Å²) in [6.45, 7) is 0. The highest BCUT2D eigenvalue weighted by Gasteiger charge is 2.43. The first kappa shape index (κ1) is 11.3. The van der Waals surface area contributed by atoms with Crippen LogP contribution >= 0.6 is 0 Å². The molecule has 1 aliphatic carbocycles. The van der Waals surface area contributed by atoms with E-state index in [-0.39, 0.29) is 0 Å². The molecular weight excluding hydrogens is 208 g/mol. The second kappa shape index (κ2) is 5.22. The molecule has 1 aromatic carbocycles. The van der Waals surface area contributed by atoms with E-state index in [1.807, 2.05) is 0 Å². The Morgan fingerprint density at radius 1 is 1.00 bits per heavy atom. The molecule has 3 rings (SSSR count). The van der Waals surface area contributed by atoms with Gasteiger partial charge in [0.15, 0.2) is 0 Å². The van der Waals surface area contributed by atoms with Crippen molar-refractivity contribution < 1.29 is 4.74 Å². The quantitative estimate of drug-likeness (QED) is 0.713. The van der Waals surface area contributed by atoms with Crippen LogP contribution in [0.4, 0.5) is 0 Å². The first-order chi connectivity index (χ1) is 8.43. The molecule has 0 bridgehead atoms. The first-order valence-corrected chi connectivity index (χ1v) is 7.13. The van der Waals surface area contributed by atoms with Gasteiger partial charge in [-0.15, -0.1) is 0 Å². The second-order valence-corrected chi connectivity index (χ2v) is 5.56. The Hall–Kier alpha value is -0.820. The normalized spacial score (nSPS) is 29.2. The second-order valence-electron chi connectivity index (χ2n) is 5.56. The summed E-state index contributed by atoms with van der Waals surface area (Å²) in [5, 5.41) is 0. The molecule has 0 radical (unpaired) electrons. The largest absolute Gasteiger partial charge is 0.369 e. The molecule has 0 amide bonds. The average molecular weight is 230 g/mol. The lowest BCUT2D eigenvalue weighted by atomic mass is 9.85. The number of hydrogen-bond donors (Lipinski definition) is 0. The van der Waals surface area contributed by atoms with Crippen LogP contribution in [0, 0.1) is 5.92 Å². The molecule has 0 spiro atoms. The molecular formula is C16H22O. The maximum absolute atomic E-state index is 5.88. The van der Waals surface area contributed by atoms with E-state index < -0.39 is 0 Å². The summed E-state index contributed by atoms with van der Waals surface area (Å²) in [4.78, 5) is 0. The van der Waals surface area contributed by atoms with E-state index in [9.17, 15) is 0 Å². The van der Waals surface area contributed by atoms with E-state index in [2.05, 4.69) is 30.3 Å². The molecule has 1 nitrogen and oxygen atoms in total. The van der Waals surface area contributed by atoms with Gasteiger partial charge in [-0.05, 0) is 37.2 Å². The Labute approximate surface area is 104 Å². The molecule has 92 valence electrons. The van der Waals surface area contributed by atoms with Gasteiger partial charge in [-0.1, -0.05) is 49.6 Å². The van der Waals surface area contributed by atoms with E-state index in [4.69, 9.17) is 4.74 Å². The molecule has 1 saturated heterocycles. The number of benzene rings is 1. The zero-order valence-electron chi connectivity index (χ0n) is 10.5. The van der Waals surface area contributed by atoms with Gasteiger partial charge in [0.25, 0.3) is 0 Å². The molecule has 2 fully saturated rings. The van der Waals surface area contributed by atoms with Gasteiger partial charge in [-0.3, -0.25) is 0 Å². The summed E-state index contributed by atoms with van der Waals surface area (Å²) in [6.07, 6.45) is 10.7. The molecule has 1 heteroatoms. The molecule has 1 saturated carbocycles. The standard InChI is InChI=1S/C16H22O/c1-3-7-13(8-4-1)11-12-15-16(17-15)14-9-5-2-6-10-14/h1,3-4,7-8,14-16H,2,5-6,9-12H2. The number of epoxide rings is 1. The molecule has 0 N–H and O–H groups in total. The average Bonchev–Trinajstić information content (AvgIpc) is 3.18. The summed E-state index contributed by atoms with van der Waals surface area (Å²) in [7, 11) is 0. The molecule has 2 atom stereocenters. The first-order valence-electron chi connectivity index (χ1n) is 7.13. The van der Waals surface area contributed by atoms with Crippen LogP contribution in [0.2, 0.25) is 0 Å². The zero-order chi connectivity index (χ0) is 11.5. The number of ether oxygens (including phenoxy) is 1. The number of aryl methyl sites for hydroxylation is 1. The van der Waals surface area contributed by atoms with Gasteiger partial charge >= 0.3 is 0 Å². The van der Waals surface area contributed by atoms with E-state index in [1.165, 1.54) is 50.5 Å². The predicted molar refractivity (Wildman–Crippen MR) is 70.0 cm³/mol. The third-order valence-corrected chi connectivity index (χ3v) is 4.30. The van der Waals surface area contributed by atoms with Crippen molar-refractivity contribution in [3.63, 3.8) is 0 Å². The lowest BCUT2D eigenvalue weighted by Crippen LogP contribution is -2.14. The lowest BCUT2D eigenvalue weighted by molar-refractivity contribution is 0.261. The van der Waals surface area contributed by atoms with Gasteiger partial charge in [0.05, 0.1) is 12.2 Å². The highest BCUT2D eigenvalue weighted by Crippen LogP contribution is 2.40. The van der Waals surface area contributed by atoms with E-state index in [0.29, 0.717) is 12.2 Å². The van der Waals surface area contributed by atoms with Crippen molar-refractivity contribution in [3.05, 3.63) is 35.9 Å². The zero-order valence-corrected chi connectivity index (χ0v) is 10.5. The minimum absolute atomic E-state index is 0.568. The summed E-state index contributed by atoms with van der Waals surface area (Å²) < 4.78 is 5.88. The van der Waals surface area contributed by atoms with Crippen LogP contribution in [-0.2, 0) is 11.2 Å². The van der Waals surface area contributed by atoms with Crippen molar-refractivity contribution in [3.8, 4) is 0 Å². The van der Waals surface area contributed by atoms with Crippen LogP contribution in [0.5, 0.6) is 0 Å². The fourth-order valence-corrected chi connectivity index (χ4v) is 3.22. The van der Waals surface area contributed by atoms with Gasteiger partial charge in [0.1, 0.15) is 0 Å². The topological polar surface area (TPSA) is 12.5 Å². The molecule has 17 heavy (non-hydrogen) atoms. The summed E-state index contributed by atoms with van der Waals surface area (Å²) in [6, 6.07) is 10.8. The van der Waals surface area contributed by atoms with Crippen molar-refractivity contribution in [1.29, 1.82) is 0 Å². The Morgan fingerprint density at radius 2 is 1.76 bits per heavy atom. The molecule has 1 aromatic rings. The van der Waals surface area contributed by atoms with Gasteiger partial charge in [-0.25, -0.2) is 0 Å². The predicted octanol–water partition coefficient (Wildman–Crippen LogP) is 3.97. The summed E-state index contributed by atoms with van der Waals surface area (Å²) in [5.74, 6) is 0.879. The minimum Gasteiger partial charge on any atom is -0.369 e. The van der Waals surface area contributed by atoms with Crippen molar-refractivity contribution >= 4 is 0 Å². The molecule has 0 aromatic heterocycles. The highest BCUT2D eigenvalue weighted by molar-refractivity contribution is 5.15. The smallest absolute Gasteiger partial charge is 0.0870 e. The minimum atomic E-state index is 0.568. The fraction of sp³-hybridized carbons (Fsp3) is 0.625. The Morgan fingerprint density at radius 3 is 2.53 bits per heavy atom. The van der Waals surface area contributed by atoms with E-state index >= 15 is 0 Å². The van der Waals surface area contributed by atoms with Gasteiger partial charge in [0, 0.05) is 0 Å². The van der Waals surface area contributed by atoms with Gasteiger partial charge in [0.2, 0.25) is 0 Å². The fourth-order valence-electron chi connectivity index (χ4n) is 3.22. The summed E-state index contributed by atoms with van der Waals surface area (Å²) >= 11 is 0. The van der Waals surface area contributed by atoms with Gasteiger partial charge < -0.3 is 4.74 Å². The summed E-state index contributed by atoms with van der Waals surface area (Å²) in [5.41, 5.74) is 1.45. The van der Waals surface area contributed by atoms with Crippen LogP contribution < -0.4 is 0 Å². The highest BCUT2D eigenvalue weighted by atomic mass is 16.6. The molecule has 2 unspecified atom stereocenters.